The van der Waals surface area contributed by atoms with Gasteiger partial charge in [0.15, 0.2) is 11.4 Å². The van der Waals surface area contributed by atoms with Crippen molar-refractivity contribution in [2.75, 3.05) is 6.61 Å². The highest BCUT2D eigenvalue weighted by Gasteiger charge is 2.07. The second kappa shape index (κ2) is 6.56. The van der Waals surface area contributed by atoms with E-state index < -0.39 is 0 Å². The first-order valence-electron chi connectivity index (χ1n) is 7.05. The Morgan fingerprint density at radius 1 is 1.26 bits per heavy atom. The van der Waals surface area contributed by atoms with E-state index in [4.69, 9.17) is 16.3 Å². The van der Waals surface area contributed by atoms with Gasteiger partial charge in [-0.05, 0) is 42.8 Å². The molecule has 118 valence electrons. The van der Waals surface area contributed by atoms with Crippen LogP contribution in [-0.4, -0.2) is 17.1 Å². The van der Waals surface area contributed by atoms with Crippen LogP contribution in [-0.2, 0) is 11.8 Å². The minimum atomic E-state index is -0.320. The molecule has 0 aliphatic rings. The van der Waals surface area contributed by atoms with Crippen molar-refractivity contribution in [1.29, 1.82) is 0 Å². The summed E-state index contributed by atoms with van der Waals surface area (Å²) in [5.74, 6) is 0.272. The topological polar surface area (TPSA) is 43.6 Å². The predicted octanol–water partition coefficient (Wildman–Crippen LogP) is 3.71. The number of para-hydroxylation sites is 1. The molecule has 0 spiro atoms. The van der Waals surface area contributed by atoms with Crippen LogP contribution in [0.1, 0.15) is 5.56 Å². The second-order valence-corrected chi connectivity index (χ2v) is 6.56. The second-order valence-electron chi connectivity index (χ2n) is 5.11. The van der Waals surface area contributed by atoms with Crippen molar-refractivity contribution >= 4 is 39.1 Å². The zero-order valence-electron chi connectivity index (χ0n) is 12.7. The summed E-state index contributed by atoms with van der Waals surface area (Å²) in [6, 6.07) is 13.0. The molecule has 0 saturated carbocycles. The monoisotopic (exact) mass is 346 g/mol. The van der Waals surface area contributed by atoms with Crippen LogP contribution in [0.25, 0.3) is 10.2 Å². The quantitative estimate of drug-likeness (QED) is 0.725. The maximum absolute atomic E-state index is 12.0. The van der Waals surface area contributed by atoms with E-state index in [1.165, 1.54) is 11.3 Å². The van der Waals surface area contributed by atoms with Gasteiger partial charge in [0, 0.05) is 12.1 Å². The number of nitrogens with zero attached hydrogens (tertiary/aromatic N) is 2. The van der Waals surface area contributed by atoms with E-state index in [0.717, 1.165) is 15.8 Å². The molecule has 0 atom stereocenters. The Bertz CT molecular complexity index is 926. The fourth-order valence-corrected chi connectivity index (χ4v) is 3.56. The van der Waals surface area contributed by atoms with Gasteiger partial charge in [-0.2, -0.15) is 4.99 Å². The van der Waals surface area contributed by atoms with Crippen LogP contribution in [0.5, 0.6) is 5.75 Å². The number of carbonyl (C=O) groups is 1. The van der Waals surface area contributed by atoms with Crippen molar-refractivity contribution in [3.8, 4) is 5.75 Å². The highest BCUT2D eigenvalue weighted by Crippen LogP contribution is 2.19. The van der Waals surface area contributed by atoms with Gasteiger partial charge in [-0.1, -0.05) is 35.1 Å². The molecular formula is C17H15ClN2O2S. The van der Waals surface area contributed by atoms with E-state index >= 15 is 0 Å². The molecule has 0 bridgehead atoms. The van der Waals surface area contributed by atoms with Crippen molar-refractivity contribution < 1.29 is 9.53 Å². The van der Waals surface area contributed by atoms with E-state index in [9.17, 15) is 4.79 Å². The summed E-state index contributed by atoms with van der Waals surface area (Å²) in [5, 5.41) is 0.626. The van der Waals surface area contributed by atoms with Crippen LogP contribution >= 0.6 is 22.9 Å². The summed E-state index contributed by atoms with van der Waals surface area (Å²) in [7, 11) is 1.91. The average molecular weight is 347 g/mol. The van der Waals surface area contributed by atoms with Gasteiger partial charge in [0.25, 0.3) is 5.91 Å². The lowest BCUT2D eigenvalue weighted by Crippen LogP contribution is -2.17. The number of amides is 1. The fourth-order valence-electron chi connectivity index (χ4n) is 2.32. The van der Waals surface area contributed by atoms with Gasteiger partial charge in [0.2, 0.25) is 0 Å². The van der Waals surface area contributed by atoms with Gasteiger partial charge in [0.05, 0.1) is 10.2 Å². The number of thiazole rings is 1. The predicted molar refractivity (Wildman–Crippen MR) is 93.1 cm³/mol. The number of benzene rings is 2. The summed E-state index contributed by atoms with van der Waals surface area (Å²) < 4.78 is 8.48. The number of hydrogen-bond acceptors (Lipinski definition) is 3. The molecule has 6 heteroatoms. The number of aromatic nitrogens is 1. The zero-order valence-corrected chi connectivity index (χ0v) is 14.3. The Morgan fingerprint density at radius 2 is 2.00 bits per heavy atom. The van der Waals surface area contributed by atoms with Gasteiger partial charge in [-0.3, -0.25) is 4.79 Å². The number of carbonyl (C=O) groups excluding carboxylic acids is 1. The molecule has 0 N–H and O–H groups in total. The van der Waals surface area contributed by atoms with Crippen molar-refractivity contribution in [2.45, 2.75) is 6.92 Å². The number of ether oxygens (including phenoxy) is 1. The maximum Gasteiger partial charge on any atom is 0.286 e. The molecular weight excluding hydrogens is 332 g/mol. The van der Waals surface area contributed by atoms with Crippen molar-refractivity contribution in [3.05, 3.63) is 57.9 Å². The van der Waals surface area contributed by atoms with Crippen LogP contribution in [0.15, 0.2) is 47.5 Å². The van der Waals surface area contributed by atoms with Crippen molar-refractivity contribution in [1.82, 2.24) is 4.57 Å². The fraction of sp³-hybridized carbons (Fsp3) is 0.176. The summed E-state index contributed by atoms with van der Waals surface area (Å²) in [5.41, 5.74) is 2.26. The lowest BCUT2D eigenvalue weighted by Gasteiger charge is -2.03. The molecule has 0 aliphatic carbocycles. The SMILES string of the molecule is Cc1cccc2sc(=NC(=O)COc3ccc(Cl)cc3)n(C)c12. The third-order valence-corrected chi connectivity index (χ3v) is 4.77. The molecule has 0 aliphatic heterocycles. The van der Waals surface area contributed by atoms with Crippen LogP contribution in [0, 0.1) is 6.92 Å². The number of fused-ring (bicyclic) bond motifs is 1. The molecule has 0 fully saturated rings. The summed E-state index contributed by atoms with van der Waals surface area (Å²) >= 11 is 7.30. The Labute approximate surface area is 142 Å². The molecule has 23 heavy (non-hydrogen) atoms. The zero-order chi connectivity index (χ0) is 16.4. The lowest BCUT2D eigenvalue weighted by molar-refractivity contribution is -0.120. The third kappa shape index (κ3) is 3.46. The molecule has 1 aromatic heterocycles. The number of aryl methyl sites for hydroxylation is 2. The maximum atomic E-state index is 12.0. The minimum absolute atomic E-state index is 0.102. The molecule has 3 rings (SSSR count). The molecule has 3 aromatic rings. The molecule has 0 unspecified atom stereocenters. The lowest BCUT2D eigenvalue weighted by atomic mass is 10.2. The van der Waals surface area contributed by atoms with E-state index in [2.05, 4.69) is 4.99 Å². The van der Waals surface area contributed by atoms with Crippen molar-refractivity contribution in [3.63, 3.8) is 0 Å². The molecule has 0 radical (unpaired) electrons. The molecule has 2 aromatic carbocycles. The standard InChI is InChI=1S/C17H15ClN2O2S/c1-11-4-3-5-14-16(11)20(2)17(23-14)19-15(21)10-22-13-8-6-12(18)7-9-13/h3-9H,10H2,1-2H3. The highest BCUT2D eigenvalue weighted by molar-refractivity contribution is 7.16. The molecule has 1 amide bonds. The van der Waals surface area contributed by atoms with Crippen molar-refractivity contribution in [2.24, 2.45) is 12.0 Å². The number of hydrogen-bond donors (Lipinski definition) is 0. The molecule has 4 nitrogen and oxygen atoms in total. The van der Waals surface area contributed by atoms with Crippen LogP contribution in [0.4, 0.5) is 0 Å². The Kier molecular flexibility index (Phi) is 4.50. The molecule has 1 heterocycles. The van der Waals surface area contributed by atoms with Gasteiger partial charge >= 0.3 is 0 Å². The Morgan fingerprint density at radius 3 is 2.70 bits per heavy atom. The summed E-state index contributed by atoms with van der Waals surface area (Å²) in [4.78, 5) is 16.9. The van der Waals surface area contributed by atoms with E-state index in [1.807, 2.05) is 36.7 Å². The van der Waals surface area contributed by atoms with E-state index in [1.54, 1.807) is 24.3 Å². The first kappa shape index (κ1) is 15.8. The largest absolute Gasteiger partial charge is 0.484 e. The molecule has 0 saturated heterocycles. The highest BCUT2D eigenvalue weighted by atomic mass is 35.5. The normalized spacial score (nSPS) is 11.9. The average Bonchev–Trinajstić information content (AvgIpc) is 2.84. The van der Waals surface area contributed by atoms with Gasteiger partial charge in [0.1, 0.15) is 5.75 Å². The van der Waals surface area contributed by atoms with Gasteiger partial charge in [-0.15, -0.1) is 0 Å². The van der Waals surface area contributed by atoms with Crippen LogP contribution in [0.3, 0.4) is 0 Å². The Hall–Kier alpha value is -2.11. The van der Waals surface area contributed by atoms with E-state index in [-0.39, 0.29) is 12.5 Å². The van der Waals surface area contributed by atoms with Gasteiger partial charge in [-0.25, -0.2) is 0 Å². The number of halogens is 1. The number of rotatable bonds is 3. The third-order valence-electron chi connectivity index (χ3n) is 3.42. The van der Waals surface area contributed by atoms with E-state index in [0.29, 0.717) is 15.6 Å². The summed E-state index contributed by atoms with van der Waals surface area (Å²) in [6.45, 7) is 1.94. The minimum Gasteiger partial charge on any atom is -0.484 e. The van der Waals surface area contributed by atoms with Crippen LogP contribution < -0.4 is 9.54 Å². The Balaban J connectivity index is 1.81. The first-order chi connectivity index (χ1) is 11.0. The first-order valence-corrected chi connectivity index (χ1v) is 8.25. The smallest absolute Gasteiger partial charge is 0.286 e. The van der Waals surface area contributed by atoms with Gasteiger partial charge < -0.3 is 9.30 Å². The van der Waals surface area contributed by atoms with Crippen LogP contribution in [0.2, 0.25) is 5.02 Å². The summed E-state index contributed by atoms with van der Waals surface area (Å²) in [6.07, 6.45) is 0.